The summed E-state index contributed by atoms with van der Waals surface area (Å²) in [6.07, 6.45) is 1.55. The monoisotopic (exact) mass is 327 g/mol. The Bertz CT molecular complexity index is 637. The minimum atomic E-state index is -0.190. The highest BCUT2D eigenvalue weighted by Crippen LogP contribution is 2.28. The summed E-state index contributed by atoms with van der Waals surface area (Å²) in [5.74, 6) is 0.0136. The molecule has 0 saturated heterocycles. The van der Waals surface area contributed by atoms with Crippen molar-refractivity contribution in [3.05, 3.63) is 46.7 Å². The van der Waals surface area contributed by atoms with E-state index in [1.54, 1.807) is 36.5 Å². The number of thioether (sulfide) groups is 1. The molecule has 1 amide bonds. The van der Waals surface area contributed by atoms with E-state index in [1.165, 1.54) is 11.8 Å². The van der Waals surface area contributed by atoms with Crippen molar-refractivity contribution in [1.82, 2.24) is 4.98 Å². The number of benzene rings is 1. The fourth-order valence-electron chi connectivity index (χ4n) is 1.44. The van der Waals surface area contributed by atoms with Gasteiger partial charge in [-0.3, -0.25) is 4.79 Å². The number of carbonyl (C=O) groups is 1. The molecule has 0 spiro atoms. The van der Waals surface area contributed by atoms with Gasteiger partial charge in [0.1, 0.15) is 0 Å². The number of nitrogens with zero attached hydrogens (tertiary/aromatic N) is 1. The Kier molecular flexibility index (Phi) is 5.11. The number of hydrogen-bond donors (Lipinski definition) is 2. The number of halogens is 2. The lowest BCUT2D eigenvalue weighted by Gasteiger charge is -2.07. The van der Waals surface area contributed by atoms with Crippen LogP contribution in [-0.4, -0.2) is 16.6 Å². The number of nitrogen functional groups attached to an aromatic ring is 1. The van der Waals surface area contributed by atoms with Gasteiger partial charge in [-0.05, 0) is 30.3 Å². The van der Waals surface area contributed by atoms with Crippen LogP contribution in [0.4, 0.5) is 11.4 Å². The average molecular weight is 328 g/mol. The van der Waals surface area contributed by atoms with Gasteiger partial charge in [0.15, 0.2) is 5.15 Å². The summed E-state index contributed by atoms with van der Waals surface area (Å²) in [6, 6.07) is 8.53. The largest absolute Gasteiger partial charge is 0.398 e. The molecular weight excluding hydrogens is 317 g/mol. The Morgan fingerprint density at radius 2 is 2.15 bits per heavy atom. The SMILES string of the molecule is Nc1ccc(Cl)cc1SCC(=O)Nc1cccnc1Cl. The van der Waals surface area contributed by atoms with Crippen molar-refractivity contribution in [2.75, 3.05) is 16.8 Å². The second-order valence-electron chi connectivity index (χ2n) is 3.86. The number of nitrogens with two attached hydrogens (primary N) is 1. The number of nitrogens with one attached hydrogen (secondary N) is 1. The zero-order valence-electron chi connectivity index (χ0n) is 10.3. The zero-order chi connectivity index (χ0) is 14.5. The van der Waals surface area contributed by atoms with E-state index >= 15 is 0 Å². The zero-order valence-corrected chi connectivity index (χ0v) is 12.6. The van der Waals surface area contributed by atoms with Crippen molar-refractivity contribution in [3.63, 3.8) is 0 Å². The highest BCUT2D eigenvalue weighted by molar-refractivity contribution is 8.00. The van der Waals surface area contributed by atoms with Gasteiger partial charge in [-0.25, -0.2) is 4.98 Å². The Morgan fingerprint density at radius 1 is 1.35 bits per heavy atom. The molecule has 2 aromatic rings. The van der Waals surface area contributed by atoms with Crippen LogP contribution in [0.25, 0.3) is 0 Å². The molecule has 7 heteroatoms. The third kappa shape index (κ3) is 4.03. The third-order valence-corrected chi connectivity index (χ3v) is 3.97. The second kappa shape index (κ2) is 6.83. The van der Waals surface area contributed by atoms with Gasteiger partial charge in [-0.1, -0.05) is 23.2 Å². The van der Waals surface area contributed by atoms with E-state index in [-0.39, 0.29) is 16.8 Å². The summed E-state index contributed by atoms with van der Waals surface area (Å²) in [4.78, 5) is 16.5. The summed E-state index contributed by atoms with van der Waals surface area (Å²) < 4.78 is 0. The number of pyridine rings is 1. The number of hydrogen-bond acceptors (Lipinski definition) is 4. The van der Waals surface area contributed by atoms with Crippen LogP contribution >= 0.6 is 35.0 Å². The van der Waals surface area contributed by atoms with Gasteiger partial charge in [0.05, 0.1) is 11.4 Å². The topological polar surface area (TPSA) is 68.0 Å². The first-order valence-corrected chi connectivity index (χ1v) is 7.38. The van der Waals surface area contributed by atoms with E-state index in [1.807, 2.05) is 0 Å². The summed E-state index contributed by atoms with van der Waals surface area (Å²) in [7, 11) is 0. The van der Waals surface area contributed by atoms with Crippen LogP contribution in [0.2, 0.25) is 10.2 Å². The normalized spacial score (nSPS) is 10.3. The Balaban J connectivity index is 1.96. The molecule has 0 aliphatic rings. The highest BCUT2D eigenvalue weighted by atomic mass is 35.5. The molecule has 0 radical (unpaired) electrons. The number of aromatic nitrogens is 1. The quantitative estimate of drug-likeness (QED) is 0.510. The van der Waals surface area contributed by atoms with E-state index in [0.29, 0.717) is 16.4 Å². The highest BCUT2D eigenvalue weighted by Gasteiger charge is 2.08. The molecule has 104 valence electrons. The molecule has 0 atom stereocenters. The van der Waals surface area contributed by atoms with Crippen LogP contribution in [-0.2, 0) is 4.79 Å². The number of anilines is 2. The molecular formula is C13H11Cl2N3OS. The first-order valence-electron chi connectivity index (χ1n) is 5.64. The predicted octanol–water partition coefficient (Wildman–Crippen LogP) is 3.70. The van der Waals surface area contributed by atoms with Gasteiger partial charge < -0.3 is 11.1 Å². The van der Waals surface area contributed by atoms with Gasteiger partial charge in [0.25, 0.3) is 0 Å². The standard InChI is InChI=1S/C13H11Cl2N3OS/c14-8-3-4-9(16)11(6-8)20-7-12(19)18-10-2-1-5-17-13(10)15/h1-6H,7,16H2,(H,18,19). The summed E-state index contributed by atoms with van der Waals surface area (Å²) in [5, 5.41) is 3.52. The first-order chi connectivity index (χ1) is 9.56. The lowest BCUT2D eigenvalue weighted by Crippen LogP contribution is -2.14. The van der Waals surface area contributed by atoms with Crippen molar-refractivity contribution in [3.8, 4) is 0 Å². The molecule has 0 aliphatic heterocycles. The predicted molar refractivity (Wildman–Crippen MR) is 84.5 cm³/mol. The first kappa shape index (κ1) is 15.0. The Morgan fingerprint density at radius 3 is 2.90 bits per heavy atom. The van der Waals surface area contributed by atoms with Crippen molar-refractivity contribution < 1.29 is 4.79 Å². The van der Waals surface area contributed by atoms with Crippen LogP contribution in [0.3, 0.4) is 0 Å². The molecule has 0 unspecified atom stereocenters. The van der Waals surface area contributed by atoms with Gasteiger partial charge in [-0.15, -0.1) is 11.8 Å². The summed E-state index contributed by atoms with van der Waals surface area (Å²) >= 11 is 13.1. The van der Waals surface area contributed by atoms with Crippen LogP contribution in [0.1, 0.15) is 0 Å². The molecule has 0 fully saturated rings. The molecule has 3 N–H and O–H groups in total. The van der Waals surface area contributed by atoms with E-state index < -0.39 is 0 Å². The summed E-state index contributed by atoms with van der Waals surface area (Å²) in [5.41, 5.74) is 6.88. The van der Waals surface area contributed by atoms with E-state index in [9.17, 15) is 4.79 Å². The number of carbonyl (C=O) groups excluding carboxylic acids is 1. The van der Waals surface area contributed by atoms with E-state index in [0.717, 1.165) is 4.90 Å². The molecule has 2 rings (SSSR count). The molecule has 1 heterocycles. The number of rotatable bonds is 4. The molecule has 1 aromatic heterocycles. The molecule has 0 saturated carbocycles. The van der Waals surface area contributed by atoms with Crippen molar-refractivity contribution in [2.24, 2.45) is 0 Å². The van der Waals surface area contributed by atoms with E-state index in [2.05, 4.69) is 10.3 Å². The van der Waals surface area contributed by atoms with Crippen LogP contribution in [0, 0.1) is 0 Å². The molecule has 1 aromatic carbocycles. The second-order valence-corrected chi connectivity index (χ2v) is 5.67. The molecule has 0 bridgehead atoms. The Labute approximate surface area is 130 Å². The van der Waals surface area contributed by atoms with Gasteiger partial charge in [-0.2, -0.15) is 0 Å². The van der Waals surface area contributed by atoms with E-state index in [4.69, 9.17) is 28.9 Å². The average Bonchev–Trinajstić information content (AvgIpc) is 2.42. The fourth-order valence-corrected chi connectivity index (χ4v) is 2.65. The van der Waals surface area contributed by atoms with Crippen molar-refractivity contribution in [1.29, 1.82) is 0 Å². The van der Waals surface area contributed by atoms with Crippen molar-refractivity contribution >= 4 is 52.2 Å². The lowest BCUT2D eigenvalue weighted by atomic mass is 10.3. The lowest BCUT2D eigenvalue weighted by molar-refractivity contribution is -0.113. The van der Waals surface area contributed by atoms with Crippen LogP contribution in [0.5, 0.6) is 0 Å². The van der Waals surface area contributed by atoms with Gasteiger partial charge >= 0.3 is 0 Å². The molecule has 4 nitrogen and oxygen atoms in total. The number of amides is 1. The maximum Gasteiger partial charge on any atom is 0.234 e. The Hall–Kier alpha value is -1.43. The fraction of sp³-hybridized carbons (Fsp3) is 0.0769. The van der Waals surface area contributed by atoms with Gasteiger partial charge in [0.2, 0.25) is 5.91 Å². The van der Waals surface area contributed by atoms with Crippen LogP contribution in [0.15, 0.2) is 41.4 Å². The minimum Gasteiger partial charge on any atom is -0.398 e. The molecule has 20 heavy (non-hydrogen) atoms. The maximum absolute atomic E-state index is 11.8. The summed E-state index contributed by atoms with van der Waals surface area (Å²) in [6.45, 7) is 0. The van der Waals surface area contributed by atoms with Crippen LogP contribution < -0.4 is 11.1 Å². The molecule has 0 aliphatic carbocycles. The minimum absolute atomic E-state index is 0.190. The third-order valence-electron chi connectivity index (χ3n) is 2.37. The van der Waals surface area contributed by atoms with Crippen molar-refractivity contribution in [2.45, 2.75) is 4.90 Å². The van der Waals surface area contributed by atoms with Gasteiger partial charge in [0, 0.05) is 21.8 Å². The smallest absolute Gasteiger partial charge is 0.234 e. The maximum atomic E-state index is 11.8.